The summed E-state index contributed by atoms with van der Waals surface area (Å²) < 4.78 is 2.05. The van der Waals surface area contributed by atoms with Crippen LogP contribution >= 0.6 is 0 Å². The molecule has 1 aromatic heterocycles. The molecule has 0 N–H and O–H groups in total. The van der Waals surface area contributed by atoms with Crippen molar-refractivity contribution >= 4 is 23.3 Å². The maximum atomic E-state index is 2.25. The van der Waals surface area contributed by atoms with Crippen molar-refractivity contribution in [3.63, 3.8) is 0 Å². The third kappa shape index (κ3) is 6.22. The van der Waals surface area contributed by atoms with E-state index in [-0.39, 0.29) is 0 Å². The Morgan fingerprint density at radius 1 is 0.429 bits per heavy atom. The van der Waals surface area contributed by atoms with Crippen molar-refractivity contribution in [2.45, 2.75) is 6.92 Å². The van der Waals surface area contributed by atoms with Crippen molar-refractivity contribution in [2.75, 3.05) is 0 Å². The Morgan fingerprint density at radius 3 is 1.29 bits per heavy atom. The second-order valence-electron chi connectivity index (χ2n) is 10.7. The fourth-order valence-corrected chi connectivity index (χ4v) is 5.27. The van der Waals surface area contributed by atoms with E-state index >= 15 is 0 Å². The summed E-state index contributed by atoms with van der Waals surface area (Å²) in [6, 6.07) is 52.3. The molecule has 0 saturated heterocycles. The van der Waals surface area contributed by atoms with Gasteiger partial charge in [-0.15, -0.1) is 0 Å². The molecule has 0 amide bonds. The summed E-state index contributed by atoms with van der Waals surface area (Å²) in [6.45, 7) is 2.14. The van der Waals surface area contributed by atoms with Crippen LogP contribution < -0.4 is 4.57 Å². The summed E-state index contributed by atoms with van der Waals surface area (Å²) in [5.74, 6) is 0. The van der Waals surface area contributed by atoms with E-state index in [1.807, 2.05) is 7.05 Å². The summed E-state index contributed by atoms with van der Waals surface area (Å²) in [7, 11) is 2.04. The molecule has 6 aromatic rings. The lowest BCUT2D eigenvalue weighted by atomic mass is 9.85. The van der Waals surface area contributed by atoms with E-state index in [0.717, 1.165) is 0 Å². The number of hydrogen-bond acceptors (Lipinski definition) is 0. The first-order valence-electron chi connectivity index (χ1n) is 14.4. The van der Waals surface area contributed by atoms with E-state index < -0.39 is 0 Å². The molecule has 0 bridgehead atoms. The standard InChI is InChI=1S/C41H34N/c1-31-13-21-38(22-14-31)40(36-9-5-3-6-10-36)41(37-11-7-4-8-12-37)39-25-19-33(20-26-39)16-15-32-17-23-34(24-18-32)35-27-29-42(2)30-28-35/h3-30H,1-2H3/q+1/b16-15+,41-40+. The summed E-state index contributed by atoms with van der Waals surface area (Å²) in [4.78, 5) is 0. The van der Waals surface area contributed by atoms with Crippen molar-refractivity contribution in [1.29, 1.82) is 0 Å². The van der Waals surface area contributed by atoms with Crippen molar-refractivity contribution in [3.05, 3.63) is 197 Å². The van der Waals surface area contributed by atoms with E-state index in [9.17, 15) is 0 Å². The number of aryl methyl sites for hydroxylation is 2. The smallest absolute Gasteiger partial charge is 0.169 e. The van der Waals surface area contributed by atoms with Crippen LogP contribution in [0, 0.1) is 6.92 Å². The van der Waals surface area contributed by atoms with Gasteiger partial charge in [-0.25, -0.2) is 4.57 Å². The highest BCUT2D eigenvalue weighted by atomic mass is 14.9. The van der Waals surface area contributed by atoms with Gasteiger partial charge in [0.15, 0.2) is 12.4 Å². The predicted molar refractivity (Wildman–Crippen MR) is 178 cm³/mol. The molecule has 0 atom stereocenters. The largest absolute Gasteiger partial charge is 0.208 e. The Labute approximate surface area is 249 Å². The summed E-state index contributed by atoms with van der Waals surface area (Å²) >= 11 is 0. The van der Waals surface area contributed by atoms with Gasteiger partial charge in [0.1, 0.15) is 7.05 Å². The van der Waals surface area contributed by atoms with Crippen LogP contribution in [0.4, 0.5) is 0 Å². The van der Waals surface area contributed by atoms with E-state index in [4.69, 9.17) is 0 Å². The molecule has 1 nitrogen and oxygen atoms in total. The third-order valence-corrected chi connectivity index (χ3v) is 7.61. The van der Waals surface area contributed by atoms with Crippen LogP contribution in [0.2, 0.25) is 0 Å². The minimum Gasteiger partial charge on any atom is -0.208 e. The summed E-state index contributed by atoms with van der Waals surface area (Å²) in [5.41, 5.74) is 13.3. The molecule has 0 radical (unpaired) electrons. The lowest BCUT2D eigenvalue weighted by Crippen LogP contribution is -2.25. The van der Waals surface area contributed by atoms with Crippen LogP contribution in [-0.2, 0) is 7.05 Å². The molecule has 0 aliphatic heterocycles. The average Bonchev–Trinajstić information content (AvgIpc) is 3.05. The summed E-state index contributed by atoms with van der Waals surface area (Å²) in [5, 5.41) is 0. The molecular formula is C41H34N+. The molecule has 202 valence electrons. The SMILES string of the molecule is Cc1ccc(/C(=C(\c2ccccc2)c2ccc(/C=C/c3ccc(-c4cc[n+](C)cc4)cc3)cc2)c2ccccc2)cc1. The molecule has 5 aromatic carbocycles. The van der Waals surface area contributed by atoms with Gasteiger partial charge in [-0.05, 0) is 62.6 Å². The minimum absolute atomic E-state index is 1.17. The fourth-order valence-electron chi connectivity index (χ4n) is 5.27. The van der Waals surface area contributed by atoms with Crippen molar-refractivity contribution in [1.82, 2.24) is 0 Å². The monoisotopic (exact) mass is 540 g/mol. The van der Waals surface area contributed by atoms with Crippen LogP contribution in [-0.4, -0.2) is 0 Å². The highest BCUT2D eigenvalue weighted by Crippen LogP contribution is 2.37. The third-order valence-electron chi connectivity index (χ3n) is 7.61. The topological polar surface area (TPSA) is 3.88 Å². The van der Waals surface area contributed by atoms with Crippen molar-refractivity contribution < 1.29 is 4.57 Å². The highest BCUT2D eigenvalue weighted by molar-refractivity contribution is 6.04. The van der Waals surface area contributed by atoms with Gasteiger partial charge < -0.3 is 0 Å². The minimum atomic E-state index is 1.17. The first-order valence-corrected chi connectivity index (χ1v) is 14.4. The fraction of sp³-hybridized carbons (Fsp3) is 0.0488. The zero-order valence-electron chi connectivity index (χ0n) is 24.1. The van der Waals surface area contributed by atoms with Crippen LogP contribution in [0.5, 0.6) is 0 Å². The van der Waals surface area contributed by atoms with Gasteiger partial charge in [0.25, 0.3) is 0 Å². The van der Waals surface area contributed by atoms with Crippen molar-refractivity contribution in [3.8, 4) is 11.1 Å². The quantitative estimate of drug-likeness (QED) is 0.140. The van der Waals surface area contributed by atoms with Gasteiger partial charge in [0.2, 0.25) is 0 Å². The molecule has 1 heteroatoms. The molecule has 0 aliphatic rings. The zero-order chi connectivity index (χ0) is 28.7. The Bertz CT molecular complexity index is 1810. The molecule has 6 rings (SSSR count). The Hall–Kier alpha value is -5.27. The van der Waals surface area contributed by atoms with Crippen LogP contribution in [0.25, 0.3) is 34.4 Å². The molecule has 0 spiro atoms. The van der Waals surface area contributed by atoms with Gasteiger partial charge in [0, 0.05) is 12.1 Å². The van der Waals surface area contributed by atoms with Gasteiger partial charge in [-0.3, -0.25) is 0 Å². The molecule has 1 heterocycles. The Kier molecular flexibility index (Phi) is 8.01. The number of benzene rings is 5. The van der Waals surface area contributed by atoms with E-state index in [0.29, 0.717) is 0 Å². The summed E-state index contributed by atoms with van der Waals surface area (Å²) in [6.07, 6.45) is 8.52. The van der Waals surface area contributed by atoms with E-state index in [1.165, 1.54) is 61.2 Å². The number of pyridine rings is 1. The first kappa shape index (κ1) is 26.9. The molecule has 0 aliphatic carbocycles. The second-order valence-corrected chi connectivity index (χ2v) is 10.7. The molecular weight excluding hydrogens is 506 g/mol. The van der Waals surface area contributed by atoms with E-state index in [1.54, 1.807) is 0 Å². The normalized spacial score (nSPS) is 11.9. The van der Waals surface area contributed by atoms with Gasteiger partial charge in [0.05, 0.1) is 0 Å². The predicted octanol–water partition coefficient (Wildman–Crippen LogP) is 9.66. The number of nitrogens with zero attached hydrogens (tertiary/aromatic N) is 1. The number of rotatable bonds is 7. The van der Waals surface area contributed by atoms with Crippen molar-refractivity contribution in [2.24, 2.45) is 7.05 Å². The van der Waals surface area contributed by atoms with Crippen LogP contribution in [0.3, 0.4) is 0 Å². The molecule has 0 saturated carbocycles. The average molecular weight is 541 g/mol. The number of aromatic nitrogens is 1. The van der Waals surface area contributed by atoms with Gasteiger partial charge >= 0.3 is 0 Å². The highest BCUT2D eigenvalue weighted by Gasteiger charge is 2.16. The lowest BCUT2D eigenvalue weighted by molar-refractivity contribution is -0.671. The zero-order valence-corrected chi connectivity index (χ0v) is 24.1. The number of hydrogen-bond donors (Lipinski definition) is 0. The lowest BCUT2D eigenvalue weighted by Gasteiger charge is -2.18. The molecule has 42 heavy (non-hydrogen) atoms. The van der Waals surface area contributed by atoms with Gasteiger partial charge in [-0.2, -0.15) is 0 Å². The maximum Gasteiger partial charge on any atom is 0.169 e. The molecule has 0 unspecified atom stereocenters. The Balaban J connectivity index is 1.35. The maximum absolute atomic E-state index is 2.25. The second kappa shape index (κ2) is 12.5. The first-order chi connectivity index (χ1) is 20.6. The molecule has 0 fully saturated rings. The Morgan fingerprint density at radius 2 is 0.810 bits per heavy atom. The van der Waals surface area contributed by atoms with E-state index in [2.05, 4.69) is 182 Å². The van der Waals surface area contributed by atoms with Gasteiger partial charge in [-0.1, -0.05) is 151 Å². The van der Waals surface area contributed by atoms with Crippen LogP contribution in [0.1, 0.15) is 38.9 Å². The van der Waals surface area contributed by atoms with Crippen LogP contribution in [0.15, 0.2) is 158 Å².